The van der Waals surface area contributed by atoms with Gasteiger partial charge in [-0.25, -0.2) is 0 Å². The average Bonchev–Trinajstić information content (AvgIpc) is 3.03. The van der Waals surface area contributed by atoms with Crippen molar-refractivity contribution in [1.29, 1.82) is 0 Å². The molecule has 4 atom stereocenters. The maximum Gasteiger partial charge on any atom is 0.310 e. The quantitative estimate of drug-likeness (QED) is 0.143. The summed E-state index contributed by atoms with van der Waals surface area (Å²) in [6.45, 7) is 7.38. The van der Waals surface area contributed by atoms with E-state index >= 15 is 0 Å². The molecule has 3 aromatic carbocycles. The smallest absolute Gasteiger partial charge is 0.310 e. The van der Waals surface area contributed by atoms with Crippen molar-refractivity contribution in [3.63, 3.8) is 0 Å². The van der Waals surface area contributed by atoms with Gasteiger partial charge in [-0.05, 0) is 42.4 Å². The highest BCUT2D eigenvalue weighted by atomic mass is 16.5. The lowest BCUT2D eigenvalue weighted by Crippen LogP contribution is -2.42. The van der Waals surface area contributed by atoms with Gasteiger partial charge in [0.2, 0.25) is 11.8 Å². The summed E-state index contributed by atoms with van der Waals surface area (Å²) < 4.78 is 5.99. The maximum atomic E-state index is 13.3. The number of carbonyl (C=O) groups is 3. The number of hydrogen-bond donors (Lipinski definition) is 3. The molecular weight excluding hydrogens is 540 g/mol. The van der Waals surface area contributed by atoms with Crippen molar-refractivity contribution < 1.29 is 24.2 Å². The molecule has 43 heavy (non-hydrogen) atoms. The molecule has 0 bridgehead atoms. The fourth-order valence-corrected chi connectivity index (χ4v) is 4.89. The number of aliphatic hydroxyl groups is 1. The van der Waals surface area contributed by atoms with Gasteiger partial charge >= 0.3 is 5.97 Å². The zero-order valence-corrected chi connectivity index (χ0v) is 24.6. The van der Waals surface area contributed by atoms with Crippen LogP contribution in [0.15, 0.2) is 116 Å². The van der Waals surface area contributed by atoms with Crippen molar-refractivity contribution in [1.82, 2.24) is 10.6 Å². The molecule has 3 N–H and O–H groups in total. The number of ether oxygens (including phenoxy) is 1. The lowest BCUT2D eigenvalue weighted by Gasteiger charge is -2.24. The molecule has 3 aromatic rings. The van der Waals surface area contributed by atoms with Gasteiger partial charge in [-0.15, -0.1) is 13.2 Å². The minimum Gasteiger partial charge on any atom is -0.455 e. The molecule has 0 unspecified atom stereocenters. The molecule has 7 heteroatoms. The number of benzene rings is 3. The number of nitrogens with one attached hydrogen (secondary N) is 2. The summed E-state index contributed by atoms with van der Waals surface area (Å²) in [6.07, 6.45) is 4.25. The van der Waals surface area contributed by atoms with E-state index in [2.05, 4.69) is 23.8 Å². The minimum absolute atomic E-state index is 0.0449. The van der Waals surface area contributed by atoms with E-state index in [4.69, 9.17) is 4.74 Å². The Labute approximate surface area is 254 Å². The molecule has 0 aromatic heterocycles. The Bertz CT molecular complexity index is 1300. The van der Waals surface area contributed by atoms with E-state index in [-0.39, 0.29) is 43.8 Å². The number of allylic oxidation sites excluding steroid dienone is 2. The average molecular weight is 583 g/mol. The highest BCUT2D eigenvalue weighted by Gasteiger charge is 2.27. The number of hydrogen-bond acceptors (Lipinski definition) is 5. The van der Waals surface area contributed by atoms with Crippen LogP contribution in [0.3, 0.4) is 0 Å². The predicted octanol–water partition coefficient (Wildman–Crippen LogP) is 5.12. The summed E-state index contributed by atoms with van der Waals surface area (Å²) in [6, 6.07) is 28.1. The van der Waals surface area contributed by atoms with Gasteiger partial charge in [0, 0.05) is 6.42 Å². The zero-order chi connectivity index (χ0) is 30.9. The van der Waals surface area contributed by atoms with Crippen LogP contribution in [0.2, 0.25) is 0 Å². The molecule has 3 rings (SSSR count). The van der Waals surface area contributed by atoms with Crippen LogP contribution < -0.4 is 10.6 Å². The van der Waals surface area contributed by atoms with Crippen molar-refractivity contribution >= 4 is 17.8 Å². The van der Waals surface area contributed by atoms with Crippen molar-refractivity contribution in [3.05, 3.63) is 133 Å². The Balaban J connectivity index is 1.64. The zero-order valence-electron chi connectivity index (χ0n) is 24.6. The van der Waals surface area contributed by atoms with E-state index in [1.54, 1.807) is 12.2 Å². The van der Waals surface area contributed by atoms with Gasteiger partial charge in [0.05, 0.1) is 31.0 Å². The van der Waals surface area contributed by atoms with Gasteiger partial charge in [0.1, 0.15) is 6.10 Å². The highest BCUT2D eigenvalue weighted by Crippen LogP contribution is 2.22. The number of rotatable bonds is 18. The molecule has 2 amide bonds. The topological polar surface area (TPSA) is 105 Å². The molecule has 0 radical (unpaired) electrons. The fourth-order valence-electron chi connectivity index (χ4n) is 4.89. The summed E-state index contributed by atoms with van der Waals surface area (Å²) in [4.78, 5) is 39.5. The number of aliphatic hydroxyl groups excluding tert-OH is 1. The van der Waals surface area contributed by atoms with Crippen molar-refractivity contribution in [2.75, 3.05) is 13.2 Å². The van der Waals surface area contributed by atoms with Crippen LogP contribution in [0.1, 0.15) is 42.1 Å². The third-order valence-corrected chi connectivity index (χ3v) is 7.17. The molecule has 0 heterocycles. The first-order valence-corrected chi connectivity index (χ1v) is 14.7. The van der Waals surface area contributed by atoms with Crippen LogP contribution in [0.4, 0.5) is 0 Å². The van der Waals surface area contributed by atoms with Crippen LogP contribution in [-0.4, -0.2) is 42.1 Å². The second-order valence-corrected chi connectivity index (χ2v) is 10.6. The Morgan fingerprint density at radius 3 is 1.86 bits per heavy atom. The second-order valence-electron chi connectivity index (χ2n) is 10.6. The molecule has 226 valence electrons. The van der Waals surface area contributed by atoms with Gasteiger partial charge < -0.3 is 20.5 Å². The monoisotopic (exact) mass is 582 g/mol. The molecule has 0 aliphatic rings. The maximum absolute atomic E-state index is 13.3. The first-order chi connectivity index (χ1) is 20.9. The molecule has 0 aliphatic carbocycles. The molecule has 0 fully saturated rings. The SMILES string of the molecule is C=CC[C@H](CC(=O)N[C@@H](CO)Cc1ccccc1)C(=O)NC[C@H](OC(=O)[C@H](CC=C)Cc1ccccc1)c1ccccc1. The molecule has 0 spiro atoms. The van der Waals surface area contributed by atoms with E-state index in [1.807, 2.05) is 91.0 Å². The minimum atomic E-state index is -0.719. The fraction of sp³-hybridized carbons (Fsp3) is 0.306. The molecule has 0 saturated carbocycles. The van der Waals surface area contributed by atoms with Crippen LogP contribution in [-0.2, 0) is 32.0 Å². The summed E-state index contributed by atoms with van der Waals surface area (Å²) in [5.41, 5.74) is 2.76. The van der Waals surface area contributed by atoms with Gasteiger partial charge in [0.25, 0.3) is 0 Å². The standard InChI is InChI=1S/C36H42N2O5/c1-3-14-30(24-34(40)38-32(26-39)23-28-18-10-6-11-19-28)35(41)37-25-33(29-20-12-7-13-21-29)43-36(42)31(15-4-2)22-27-16-8-5-9-17-27/h3-13,16-21,30-33,39H,1-2,14-15,22-26H2,(H,37,41)(H,38,40)/t30-,31-,32-,33+/m1/s1. The van der Waals surface area contributed by atoms with E-state index in [1.165, 1.54) is 0 Å². The van der Waals surface area contributed by atoms with Crippen molar-refractivity contribution in [2.24, 2.45) is 11.8 Å². The number of amides is 2. The van der Waals surface area contributed by atoms with Gasteiger partial charge in [-0.2, -0.15) is 0 Å². The normalized spacial score (nSPS) is 13.5. The summed E-state index contributed by atoms with van der Waals surface area (Å²) in [7, 11) is 0. The van der Waals surface area contributed by atoms with E-state index in [9.17, 15) is 19.5 Å². The lowest BCUT2D eigenvalue weighted by atomic mass is 9.96. The van der Waals surface area contributed by atoms with E-state index < -0.39 is 24.0 Å². The van der Waals surface area contributed by atoms with Crippen molar-refractivity contribution in [3.8, 4) is 0 Å². The third kappa shape index (κ3) is 11.4. The lowest BCUT2D eigenvalue weighted by molar-refractivity contribution is -0.154. The molecule has 7 nitrogen and oxygen atoms in total. The first-order valence-electron chi connectivity index (χ1n) is 14.7. The Morgan fingerprint density at radius 1 is 0.767 bits per heavy atom. The second kappa shape index (κ2) is 18.1. The van der Waals surface area contributed by atoms with Gasteiger partial charge in [0.15, 0.2) is 0 Å². The Kier molecular flexibility index (Phi) is 13.9. The number of esters is 1. The van der Waals surface area contributed by atoms with Gasteiger partial charge in [-0.3, -0.25) is 14.4 Å². The van der Waals surface area contributed by atoms with Crippen LogP contribution in [0.5, 0.6) is 0 Å². The van der Waals surface area contributed by atoms with E-state index in [0.29, 0.717) is 19.3 Å². The Hall–Kier alpha value is -4.49. The van der Waals surface area contributed by atoms with E-state index in [0.717, 1.165) is 16.7 Å². The largest absolute Gasteiger partial charge is 0.455 e. The summed E-state index contributed by atoms with van der Waals surface area (Å²) in [5.74, 6) is -2.15. The van der Waals surface area contributed by atoms with Crippen LogP contribution >= 0.6 is 0 Å². The highest BCUT2D eigenvalue weighted by molar-refractivity contribution is 5.86. The number of carbonyl (C=O) groups excluding carboxylic acids is 3. The molecule has 0 aliphatic heterocycles. The Morgan fingerprint density at radius 2 is 1.30 bits per heavy atom. The summed E-state index contributed by atoms with van der Waals surface area (Å²) in [5, 5.41) is 15.5. The summed E-state index contributed by atoms with van der Waals surface area (Å²) >= 11 is 0. The molecule has 0 saturated heterocycles. The van der Waals surface area contributed by atoms with Crippen LogP contribution in [0.25, 0.3) is 0 Å². The molecular formula is C36H42N2O5. The third-order valence-electron chi connectivity index (χ3n) is 7.17. The first kappa shape index (κ1) is 33.0. The van der Waals surface area contributed by atoms with Crippen LogP contribution in [0, 0.1) is 11.8 Å². The van der Waals surface area contributed by atoms with Gasteiger partial charge in [-0.1, -0.05) is 103 Å². The van der Waals surface area contributed by atoms with Crippen molar-refractivity contribution in [2.45, 2.75) is 44.2 Å². The predicted molar refractivity (Wildman–Crippen MR) is 169 cm³/mol.